The van der Waals surface area contributed by atoms with E-state index < -0.39 is 11.9 Å². The van der Waals surface area contributed by atoms with E-state index in [4.69, 9.17) is 5.73 Å². The second-order valence-electron chi connectivity index (χ2n) is 5.51. The lowest BCUT2D eigenvalue weighted by Gasteiger charge is -2.04. The number of carbonyl (C=O) groups excluding carboxylic acids is 2. The van der Waals surface area contributed by atoms with Crippen molar-refractivity contribution >= 4 is 22.8 Å². The molecule has 6 nitrogen and oxygen atoms in total. The van der Waals surface area contributed by atoms with E-state index in [-0.39, 0.29) is 12.2 Å². The number of hydrogen-bond donors (Lipinski definition) is 2. The van der Waals surface area contributed by atoms with Crippen LogP contribution in [0.1, 0.15) is 12.8 Å². The third-order valence-electron chi connectivity index (χ3n) is 3.71. The van der Waals surface area contributed by atoms with Gasteiger partial charge in [0.05, 0.1) is 5.52 Å². The molecule has 0 unspecified atom stereocenters. The maximum absolute atomic E-state index is 13.2. The standard InChI is InChI=1S/C18H16FN4O2/c19-13-9-7-12(8-10-13)17-14-4-1-2-5-15(14)23(22-17)18(25)21-11-3-6-16(20)24/h2,4-5,7-10H,3,6,11H2,(H2,20,24)(H,21,25). The Morgan fingerprint density at radius 2 is 2.00 bits per heavy atom. The van der Waals surface area contributed by atoms with Crippen LogP contribution in [0.25, 0.3) is 22.2 Å². The fraction of sp³-hybridized carbons (Fsp3) is 0.167. The van der Waals surface area contributed by atoms with Crippen molar-refractivity contribution < 1.29 is 14.0 Å². The summed E-state index contributed by atoms with van der Waals surface area (Å²) in [6.07, 6.45) is 0.662. The Morgan fingerprint density at radius 3 is 2.72 bits per heavy atom. The number of halogens is 1. The number of rotatable bonds is 5. The first-order chi connectivity index (χ1) is 12.1. The normalized spacial score (nSPS) is 10.8. The molecule has 0 saturated heterocycles. The lowest BCUT2D eigenvalue weighted by molar-refractivity contribution is -0.118. The summed E-state index contributed by atoms with van der Waals surface area (Å²) in [5.74, 6) is -0.751. The van der Waals surface area contributed by atoms with Gasteiger partial charge in [-0.15, -0.1) is 0 Å². The van der Waals surface area contributed by atoms with E-state index in [0.717, 1.165) is 5.39 Å². The fourth-order valence-electron chi connectivity index (χ4n) is 2.51. The van der Waals surface area contributed by atoms with Crippen molar-refractivity contribution in [1.29, 1.82) is 0 Å². The van der Waals surface area contributed by atoms with Crippen molar-refractivity contribution in [3.63, 3.8) is 0 Å². The van der Waals surface area contributed by atoms with Crippen molar-refractivity contribution in [2.24, 2.45) is 5.73 Å². The zero-order valence-corrected chi connectivity index (χ0v) is 13.3. The molecule has 3 rings (SSSR count). The van der Waals surface area contributed by atoms with Gasteiger partial charge in [0.25, 0.3) is 0 Å². The zero-order valence-electron chi connectivity index (χ0n) is 13.3. The largest absolute Gasteiger partial charge is 0.370 e. The Balaban J connectivity index is 1.90. The predicted octanol–water partition coefficient (Wildman–Crippen LogP) is 2.47. The minimum absolute atomic E-state index is 0.204. The van der Waals surface area contributed by atoms with Crippen LogP contribution in [0.4, 0.5) is 9.18 Å². The number of nitrogens with two attached hydrogens (primary N) is 1. The minimum atomic E-state index is -0.409. The highest BCUT2D eigenvalue weighted by atomic mass is 19.1. The minimum Gasteiger partial charge on any atom is -0.370 e. The third-order valence-corrected chi connectivity index (χ3v) is 3.71. The molecular formula is C18H16FN4O2. The molecule has 7 heteroatoms. The molecule has 3 aromatic rings. The maximum atomic E-state index is 13.2. The van der Waals surface area contributed by atoms with E-state index in [9.17, 15) is 14.0 Å². The Labute approximate surface area is 143 Å². The smallest absolute Gasteiger partial charge is 0.342 e. The van der Waals surface area contributed by atoms with Gasteiger partial charge in [0.2, 0.25) is 5.91 Å². The van der Waals surface area contributed by atoms with Crippen LogP contribution in [-0.2, 0) is 4.79 Å². The molecule has 0 saturated carbocycles. The topological polar surface area (TPSA) is 90.0 Å². The number of nitrogens with zero attached hydrogens (tertiary/aromatic N) is 2. The Bertz CT molecular complexity index is 918. The van der Waals surface area contributed by atoms with Crippen LogP contribution in [0.3, 0.4) is 0 Å². The van der Waals surface area contributed by atoms with Gasteiger partial charge in [-0.25, -0.2) is 9.18 Å². The lowest BCUT2D eigenvalue weighted by atomic mass is 10.1. The van der Waals surface area contributed by atoms with Gasteiger partial charge >= 0.3 is 6.03 Å². The first-order valence-corrected chi connectivity index (χ1v) is 7.77. The monoisotopic (exact) mass is 339 g/mol. The molecule has 0 bridgehead atoms. The molecule has 1 radical (unpaired) electrons. The van der Waals surface area contributed by atoms with Gasteiger partial charge in [-0.1, -0.05) is 6.07 Å². The van der Waals surface area contributed by atoms with Crippen LogP contribution in [-0.4, -0.2) is 28.3 Å². The first kappa shape index (κ1) is 16.6. The summed E-state index contributed by atoms with van der Waals surface area (Å²) in [4.78, 5) is 23.1. The van der Waals surface area contributed by atoms with Crippen LogP contribution < -0.4 is 11.1 Å². The van der Waals surface area contributed by atoms with Gasteiger partial charge < -0.3 is 11.1 Å². The predicted molar refractivity (Wildman–Crippen MR) is 91.2 cm³/mol. The molecule has 0 aliphatic rings. The molecule has 0 fully saturated rings. The quantitative estimate of drug-likeness (QED) is 0.700. The van der Waals surface area contributed by atoms with Crippen LogP contribution >= 0.6 is 0 Å². The number of amides is 2. The van der Waals surface area contributed by atoms with Gasteiger partial charge in [-0.05, 0) is 48.9 Å². The number of hydrogen-bond acceptors (Lipinski definition) is 3. The van der Waals surface area contributed by atoms with Gasteiger partial charge in [0.1, 0.15) is 11.5 Å². The molecule has 127 valence electrons. The molecule has 3 N–H and O–H groups in total. The molecule has 0 atom stereocenters. The third kappa shape index (κ3) is 3.65. The molecule has 1 aromatic heterocycles. The number of nitrogens with one attached hydrogen (secondary N) is 1. The summed E-state index contributed by atoms with van der Waals surface area (Å²) in [5.41, 5.74) is 6.96. The van der Waals surface area contributed by atoms with E-state index in [1.54, 1.807) is 30.3 Å². The van der Waals surface area contributed by atoms with E-state index in [2.05, 4.69) is 16.5 Å². The number of carbonyl (C=O) groups is 2. The number of primary amides is 1. The molecular weight excluding hydrogens is 323 g/mol. The second kappa shape index (κ2) is 7.12. The van der Waals surface area contributed by atoms with Crippen LogP contribution in [0.5, 0.6) is 0 Å². The lowest BCUT2D eigenvalue weighted by Crippen LogP contribution is -2.30. The SMILES string of the molecule is NC(=O)CCCNC(=O)n1nc(-c2ccc(F)cc2)c2c[c]ccc21. The summed E-state index contributed by atoms with van der Waals surface area (Å²) >= 11 is 0. The molecule has 0 aliphatic heterocycles. The Hall–Kier alpha value is -3.22. The number of aromatic nitrogens is 2. The average Bonchev–Trinajstić information content (AvgIpc) is 2.99. The van der Waals surface area contributed by atoms with Crippen molar-refractivity contribution in [1.82, 2.24) is 15.1 Å². The molecule has 25 heavy (non-hydrogen) atoms. The molecule has 1 heterocycles. The van der Waals surface area contributed by atoms with E-state index >= 15 is 0 Å². The van der Waals surface area contributed by atoms with Gasteiger partial charge in [-0.3, -0.25) is 4.79 Å². The Kier molecular flexibility index (Phi) is 4.74. The van der Waals surface area contributed by atoms with Crippen LogP contribution in [0.2, 0.25) is 0 Å². The number of benzene rings is 2. The van der Waals surface area contributed by atoms with Gasteiger partial charge in [-0.2, -0.15) is 9.78 Å². The molecule has 2 amide bonds. The van der Waals surface area contributed by atoms with Crippen LogP contribution in [0, 0.1) is 11.9 Å². The van der Waals surface area contributed by atoms with E-state index in [1.807, 2.05) is 0 Å². The summed E-state index contributed by atoms with van der Waals surface area (Å²) in [5, 5.41) is 7.81. The number of fused-ring (bicyclic) bond motifs is 1. The van der Waals surface area contributed by atoms with Crippen molar-refractivity contribution in [3.05, 3.63) is 54.3 Å². The molecule has 2 aromatic carbocycles. The van der Waals surface area contributed by atoms with E-state index in [1.165, 1.54) is 16.8 Å². The highest BCUT2D eigenvalue weighted by Crippen LogP contribution is 2.27. The Morgan fingerprint density at radius 1 is 1.24 bits per heavy atom. The van der Waals surface area contributed by atoms with Crippen molar-refractivity contribution in [2.75, 3.05) is 6.54 Å². The first-order valence-electron chi connectivity index (χ1n) is 7.77. The highest BCUT2D eigenvalue weighted by molar-refractivity contribution is 5.98. The molecule has 0 aliphatic carbocycles. The average molecular weight is 339 g/mol. The second-order valence-corrected chi connectivity index (χ2v) is 5.51. The van der Waals surface area contributed by atoms with Gasteiger partial charge in [0, 0.05) is 23.9 Å². The van der Waals surface area contributed by atoms with Crippen molar-refractivity contribution in [2.45, 2.75) is 12.8 Å². The molecule has 0 spiro atoms. The maximum Gasteiger partial charge on any atom is 0.342 e. The van der Waals surface area contributed by atoms with Gasteiger partial charge in [0.15, 0.2) is 0 Å². The van der Waals surface area contributed by atoms with Crippen molar-refractivity contribution in [3.8, 4) is 11.3 Å². The summed E-state index contributed by atoms with van der Waals surface area (Å²) in [6.45, 7) is 0.313. The summed E-state index contributed by atoms with van der Waals surface area (Å²) in [7, 11) is 0. The summed E-state index contributed by atoms with van der Waals surface area (Å²) < 4.78 is 14.4. The van der Waals surface area contributed by atoms with E-state index in [0.29, 0.717) is 29.7 Å². The summed E-state index contributed by atoms with van der Waals surface area (Å²) in [6, 6.07) is 13.6. The zero-order chi connectivity index (χ0) is 17.8. The van der Waals surface area contributed by atoms with Crippen LogP contribution in [0.15, 0.2) is 42.5 Å². The fourth-order valence-corrected chi connectivity index (χ4v) is 2.51. The highest BCUT2D eigenvalue weighted by Gasteiger charge is 2.16.